The van der Waals surface area contributed by atoms with Crippen molar-refractivity contribution in [2.75, 3.05) is 6.54 Å². The highest BCUT2D eigenvalue weighted by molar-refractivity contribution is 5.77. The van der Waals surface area contributed by atoms with E-state index in [4.69, 9.17) is 5.73 Å². The molecule has 0 fully saturated rings. The number of rotatable bonds is 4. The van der Waals surface area contributed by atoms with Gasteiger partial charge < -0.3 is 5.73 Å². The minimum Gasteiger partial charge on any atom is -0.368 e. The summed E-state index contributed by atoms with van der Waals surface area (Å²) in [7, 11) is 0. The molecule has 0 aromatic rings. The van der Waals surface area contributed by atoms with E-state index < -0.39 is 0 Å². The maximum atomic E-state index is 9.53. The van der Waals surface area contributed by atoms with Crippen molar-refractivity contribution in [3.63, 3.8) is 0 Å². The van der Waals surface area contributed by atoms with Crippen molar-refractivity contribution in [2.24, 2.45) is 16.0 Å². The second kappa shape index (κ2) is 6.00. The Morgan fingerprint density at radius 2 is 2.40 bits per heavy atom. The van der Waals surface area contributed by atoms with Gasteiger partial charge in [-0.1, -0.05) is 13.3 Å². The lowest BCUT2D eigenvalue weighted by Gasteiger charge is -1.93. The second-order valence-electron chi connectivity index (χ2n) is 1.82. The molecule has 0 saturated heterocycles. The van der Waals surface area contributed by atoms with Crippen LogP contribution in [0.5, 0.6) is 0 Å². The minimum atomic E-state index is 0.0865. The predicted octanol–water partition coefficient (Wildman–Crippen LogP) is 0.372. The van der Waals surface area contributed by atoms with Crippen molar-refractivity contribution in [1.82, 2.24) is 5.43 Å². The monoisotopic (exact) mass is 144 g/mol. The lowest BCUT2D eigenvalue weighted by atomic mass is 10.3. The Balaban J connectivity index is 3.37. The molecule has 0 aromatic heterocycles. The molecule has 0 radical (unpaired) electrons. The third-order valence-corrected chi connectivity index (χ3v) is 0.954. The van der Waals surface area contributed by atoms with Crippen LogP contribution in [-0.2, 0) is 0 Å². The summed E-state index contributed by atoms with van der Waals surface area (Å²) in [5.41, 5.74) is 7.17. The minimum absolute atomic E-state index is 0.0865. The highest BCUT2D eigenvalue weighted by atomic mass is 16.3. The number of guanidine groups is 1. The lowest BCUT2D eigenvalue weighted by Crippen LogP contribution is -2.26. The van der Waals surface area contributed by atoms with Crippen molar-refractivity contribution >= 4 is 5.96 Å². The molecule has 0 aliphatic carbocycles. The van der Waals surface area contributed by atoms with Gasteiger partial charge in [0.25, 0.3) is 0 Å². The fraction of sp³-hybridized carbons (Fsp3) is 0.800. The standard InChI is InChI=1S/C5H12N4O/c1-2-3-4-7-5(6)8-9-10/h2-4H2,1H3,(H3,6,7,8,10). The highest BCUT2D eigenvalue weighted by Gasteiger charge is 1.86. The number of hydrogen-bond donors (Lipinski definition) is 2. The quantitative estimate of drug-likeness (QED) is 0.197. The SMILES string of the molecule is CCCCN=C(N)NN=O. The molecule has 0 rings (SSSR count). The first-order valence-corrected chi connectivity index (χ1v) is 3.19. The lowest BCUT2D eigenvalue weighted by molar-refractivity contribution is 0.799. The fourth-order valence-corrected chi connectivity index (χ4v) is 0.440. The van der Waals surface area contributed by atoms with E-state index in [1.165, 1.54) is 0 Å². The number of nitroso groups, excluding NO2 is 1. The number of hydrogen-bond acceptors (Lipinski definition) is 3. The van der Waals surface area contributed by atoms with Crippen LogP contribution in [-0.4, -0.2) is 12.5 Å². The molecular weight excluding hydrogens is 132 g/mol. The zero-order valence-corrected chi connectivity index (χ0v) is 6.00. The zero-order chi connectivity index (χ0) is 7.82. The number of unbranched alkanes of at least 4 members (excludes halogenated alkanes) is 1. The normalized spacial score (nSPS) is 11.1. The second-order valence-corrected chi connectivity index (χ2v) is 1.82. The van der Waals surface area contributed by atoms with Gasteiger partial charge in [0.15, 0.2) is 0 Å². The van der Waals surface area contributed by atoms with Crippen LogP contribution in [0.2, 0.25) is 0 Å². The molecule has 10 heavy (non-hydrogen) atoms. The van der Waals surface area contributed by atoms with Crippen molar-refractivity contribution in [2.45, 2.75) is 19.8 Å². The van der Waals surface area contributed by atoms with Gasteiger partial charge in [0, 0.05) is 6.54 Å². The Morgan fingerprint density at radius 3 is 2.90 bits per heavy atom. The Morgan fingerprint density at radius 1 is 1.70 bits per heavy atom. The van der Waals surface area contributed by atoms with Gasteiger partial charge in [-0.2, -0.15) is 0 Å². The molecule has 58 valence electrons. The number of nitrogens with one attached hydrogen (secondary N) is 1. The summed E-state index contributed by atoms with van der Waals surface area (Å²) < 4.78 is 0. The average Bonchev–Trinajstić information content (AvgIpc) is 1.89. The van der Waals surface area contributed by atoms with Crippen molar-refractivity contribution < 1.29 is 0 Å². The molecule has 0 bridgehead atoms. The number of aliphatic imine (C=N–C) groups is 1. The van der Waals surface area contributed by atoms with Crippen molar-refractivity contribution in [3.05, 3.63) is 4.91 Å². The zero-order valence-electron chi connectivity index (χ0n) is 6.00. The molecule has 0 spiro atoms. The molecule has 0 aromatic carbocycles. The van der Waals surface area contributed by atoms with Gasteiger partial charge in [-0.25, -0.2) is 5.43 Å². The third kappa shape index (κ3) is 5.02. The third-order valence-electron chi connectivity index (χ3n) is 0.954. The van der Waals surface area contributed by atoms with E-state index in [9.17, 15) is 4.91 Å². The van der Waals surface area contributed by atoms with Crippen LogP contribution in [0.1, 0.15) is 19.8 Å². The molecule has 0 unspecified atom stereocenters. The molecule has 0 heterocycles. The summed E-state index contributed by atoms with van der Waals surface area (Å²) in [5, 5.41) is 2.36. The molecule has 3 N–H and O–H groups in total. The van der Waals surface area contributed by atoms with E-state index in [2.05, 4.69) is 17.2 Å². The van der Waals surface area contributed by atoms with Crippen LogP contribution < -0.4 is 11.2 Å². The van der Waals surface area contributed by atoms with E-state index in [0.717, 1.165) is 12.8 Å². The fourth-order valence-electron chi connectivity index (χ4n) is 0.440. The maximum Gasteiger partial charge on any atom is 0.212 e. The van der Waals surface area contributed by atoms with E-state index in [1.807, 2.05) is 5.43 Å². The van der Waals surface area contributed by atoms with Gasteiger partial charge in [-0.15, -0.1) is 4.91 Å². The maximum absolute atomic E-state index is 9.53. The van der Waals surface area contributed by atoms with Gasteiger partial charge in [0.05, 0.1) is 5.29 Å². The first-order chi connectivity index (χ1) is 4.81. The first kappa shape index (κ1) is 8.87. The summed E-state index contributed by atoms with van der Waals surface area (Å²) in [6.45, 7) is 2.70. The van der Waals surface area contributed by atoms with Crippen LogP contribution >= 0.6 is 0 Å². The van der Waals surface area contributed by atoms with Crippen LogP contribution in [0.3, 0.4) is 0 Å². The topological polar surface area (TPSA) is 79.8 Å². The molecule has 0 saturated carbocycles. The molecule has 5 nitrogen and oxygen atoms in total. The number of nitrogens with zero attached hydrogens (tertiary/aromatic N) is 2. The van der Waals surface area contributed by atoms with E-state index in [-0.39, 0.29) is 5.96 Å². The summed E-state index contributed by atoms with van der Waals surface area (Å²) >= 11 is 0. The predicted molar refractivity (Wildman–Crippen MR) is 40.3 cm³/mol. The first-order valence-electron chi connectivity index (χ1n) is 3.19. The van der Waals surface area contributed by atoms with Crippen LogP contribution in [0.15, 0.2) is 10.3 Å². The van der Waals surface area contributed by atoms with Gasteiger partial charge in [0.2, 0.25) is 5.96 Å². The van der Waals surface area contributed by atoms with Crippen molar-refractivity contribution in [3.8, 4) is 0 Å². The summed E-state index contributed by atoms with van der Waals surface area (Å²) in [6, 6.07) is 0. The van der Waals surface area contributed by atoms with Crippen LogP contribution in [0.25, 0.3) is 0 Å². The van der Waals surface area contributed by atoms with E-state index in [1.54, 1.807) is 0 Å². The van der Waals surface area contributed by atoms with E-state index in [0.29, 0.717) is 6.54 Å². The highest BCUT2D eigenvalue weighted by Crippen LogP contribution is 1.85. The van der Waals surface area contributed by atoms with Crippen molar-refractivity contribution in [1.29, 1.82) is 0 Å². The molecule has 5 heteroatoms. The Labute approximate surface area is 59.6 Å². The number of nitrogens with two attached hydrogens (primary N) is 1. The summed E-state index contributed by atoms with van der Waals surface area (Å²) in [6.07, 6.45) is 2.03. The van der Waals surface area contributed by atoms with Crippen LogP contribution in [0.4, 0.5) is 0 Å². The van der Waals surface area contributed by atoms with Gasteiger partial charge >= 0.3 is 0 Å². The van der Waals surface area contributed by atoms with Gasteiger partial charge in [0.1, 0.15) is 0 Å². The molecule has 0 amide bonds. The molecule has 0 atom stereocenters. The molecule has 0 aliphatic rings. The van der Waals surface area contributed by atoms with Crippen LogP contribution in [0, 0.1) is 4.91 Å². The van der Waals surface area contributed by atoms with Gasteiger partial charge in [-0.05, 0) is 6.42 Å². The Hall–Kier alpha value is -1.13. The largest absolute Gasteiger partial charge is 0.368 e. The summed E-state index contributed by atoms with van der Waals surface area (Å²) in [5.74, 6) is 0.0865. The Bertz CT molecular complexity index is 123. The average molecular weight is 144 g/mol. The smallest absolute Gasteiger partial charge is 0.212 e. The van der Waals surface area contributed by atoms with E-state index >= 15 is 0 Å². The summed E-state index contributed by atoms with van der Waals surface area (Å²) in [4.78, 5) is 13.3. The molecular formula is C5H12N4O. The van der Waals surface area contributed by atoms with Gasteiger partial charge in [-0.3, -0.25) is 4.99 Å². The Kier molecular flexibility index (Phi) is 5.32. The molecule has 0 aliphatic heterocycles.